The molecule has 4 nitrogen and oxygen atoms in total. The van der Waals surface area contributed by atoms with Gasteiger partial charge in [-0.15, -0.1) is 0 Å². The standard InChI is InChI=1S/C6H9NO3S/c1-5-2-3-10-6(5)4-11(7,8)9/h2-3H,4H2,1H3,(H2,7,8,9). The van der Waals surface area contributed by atoms with Crippen LogP contribution in [-0.2, 0) is 15.8 Å². The lowest BCUT2D eigenvalue weighted by Gasteiger charge is -1.94. The molecule has 1 rings (SSSR count). The SMILES string of the molecule is Cc1ccoc1CS(N)(=O)=O. The molecular weight excluding hydrogens is 166 g/mol. The minimum absolute atomic E-state index is 0.230. The first-order chi connectivity index (χ1) is 4.99. The largest absolute Gasteiger partial charge is 0.468 e. The molecule has 0 aliphatic rings. The minimum atomic E-state index is -3.46. The van der Waals surface area contributed by atoms with Gasteiger partial charge in [-0.05, 0) is 18.6 Å². The van der Waals surface area contributed by atoms with Gasteiger partial charge in [0, 0.05) is 0 Å². The van der Waals surface area contributed by atoms with Crippen molar-refractivity contribution in [2.45, 2.75) is 12.7 Å². The molecule has 11 heavy (non-hydrogen) atoms. The Bertz CT molecular complexity index is 338. The molecule has 0 radical (unpaired) electrons. The van der Waals surface area contributed by atoms with Crippen molar-refractivity contribution in [3.8, 4) is 0 Å². The third-order valence-electron chi connectivity index (χ3n) is 1.30. The normalized spacial score (nSPS) is 11.8. The van der Waals surface area contributed by atoms with Gasteiger partial charge in [-0.25, -0.2) is 13.6 Å². The topological polar surface area (TPSA) is 73.3 Å². The van der Waals surface area contributed by atoms with Crippen molar-refractivity contribution < 1.29 is 12.8 Å². The summed E-state index contributed by atoms with van der Waals surface area (Å²) >= 11 is 0. The zero-order valence-corrected chi connectivity index (χ0v) is 6.89. The molecule has 0 unspecified atom stereocenters. The van der Waals surface area contributed by atoms with Crippen molar-refractivity contribution in [3.63, 3.8) is 0 Å². The van der Waals surface area contributed by atoms with Gasteiger partial charge < -0.3 is 4.42 Å². The van der Waals surface area contributed by atoms with Gasteiger partial charge >= 0.3 is 0 Å². The maximum Gasteiger partial charge on any atom is 0.216 e. The van der Waals surface area contributed by atoms with E-state index in [4.69, 9.17) is 9.56 Å². The molecular formula is C6H9NO3S. The Hall–Kier alpha value is -0.810. The molecule has 0 aliphatic heterocycles. The molecule has 0 amide bonds. The van der Waals surface area contributed by atoms with E-state index < -0.39 is 10.0 Å². The molecule has 2 N–H and O–H groups in total. The first-order valence-corrected chi connectivity index (χ1v) is 4.74. The van der Waals surface area contributed by atoms with Crippen LogP contribution in [0.2, 0.25) is 0 Å². The monoisotopic (exact) mass is 175 g/mol. The summed E-state index contributed by atoms with van der Waals surface area (Å²) in [5.41, 5.74) is 0.805. The molecule has 0 fully saturated rings. The lowest BCUT2D eigenvalue weighted by molar-refractivity contribution is 0.518. The Labute approximate surface area is 65.1 Å². The predicted octanol–water partition coefficient (Wildman–Crippen LogP) is 0.377. The van der Waals surface area contributed by atoms with Crippen LogP contribution >= 0.6 is 0 Å². The van der Waals surface area contributed by atoms with Gasteiger partial charge in [0.15, 0.2) is 0 Å². The van der Waals surface area contributed by atoms with E-state index in [2.05, 4.69) is 0 Å². The average molecular weight is 175 g/mol. The summed E-state index contributed by atoms with van der Waals surface area (Å²) in [7, 11) is -3.46. The van der Waals surface area contributed by atoms with Crippen molar-refractivity contribution in [1.29, 1.82) is 0 Å². The number of nitrogens with two attached hydrogens (primary N) is 1. The molecule has 1 aromatic rings. The molecule has 0 aliphatic carbocycles. The molecule has 0 bridgehead atoms. The lowest BCUT2D eigenvalue weighted by atomic mass is 10.3. The molecule has 0 aromatic carbocycles. The Morgan fingerprint density at radius 2 is 2.27 bits per heavy atom. The van der Waals surface area contributed by atoms with E-state index in [9.17, 15) is 8.42 Å². The lowest BCUT2D eigenvalue weighted by Crippen LogP contribution is -2.14. The Morgan fingerprint density at radius 1 is 1.64 bits per heavy atom. The van der Waals surface area contributed by atoms with Crippen LogP contribution in [0.1, 0.15) is 11.3 Å². The van der Waals surface area contributed by atoms with Crippen LogP contribution in [0, 0.1) is 6.92 Å². The third kappa shape index (κ3) is 2.36. The van der Waals surface area contributed by atoms with E-state index in [0.717, 1.165) is 5.56 Å². The van der Waals surface area contributed by atoms with E-state index in [1.54, 1.807) is 13.0 Å². The second kappa shape index (κ2) is 2.67. The van der Waals surface area contributed by atoms with Gasteiger partial charge in [0.25, 0.3) is 0 Å². The molecule has 0 atom stereocenters. The van der Waals surface area contributed by atoms with Crippen LogP contribution in [0.5, 0.6) is 0 Å². The van der Waals surface area contributed by atoms with Crippen LogP contribution in [0.25, 0.3) is 0 Å². The van der Waals surface area contributed by atoms with Crippen LogP contribution in [-0.4, -0.2) is 8.42 Å². The maximum atomic E-state index is 10.6. The number of rotatable bonds is 2. The molecule has 1 aromatic heterocycles. The first-order valence-electron chi connectivity index (χ1n) is 3.02. The number of furan rings is 1. The molecule has 0 saturated carbocycles. The number of aryl methyl sites for hydroxylation is 1. The van der Waals surface area contributed by atoms with E-state index >= 15 is 0 Å². The maximum absolute atomic E-state index is 10.6. The quantitative estimate of drug-likeness (QED) is 0.706. The van der Waals surface area contributed by atoms with Gasteiger partial charge in [-0.2, -0.15) is 0 Å². The van der Waals surface area contributed by atoms with E-state index in [0.29, 0.717) is 5.76 Å². The fraction of sp³-hybridized carbons (Fsp3) is 0.333. The van der Waals surface area contributed by atoms with Gasteiger partial charge in [0.05, 0.1) is 6.26 Å². The van der Waals surface area contributed by atoms with Crippen LogP contribution in [0.4, 0.5) is 0 Å². The molecule has 62 valence electrons. The third-order valence-corrected chi connectivity index (χ3v) is 1.97. The van der Waals surface area contributed by atoms with Crippen LogP contribution in [0.3, 0.4) is 0 Å². The highest BCUT2D eigenvalue weighted by atomic mass is 32.2. The summed E-state index contributed by atoms with van der Waals surface area (Å²) in [4.78, 5) is 0. The number of hydrogen-bond acceptors (Lipinski definition) is 3. The summed E-state index contributed by atoms with van der Waals surface area (Å²) in [6, 6.07) is 1.69. The van der Waals surface area contributed by atoms with E-state index in [-0.39, 0.29) is 5.75 Å². The Kier molecular flexibility index (Phi) is 2.01. The fourth-order valence-corrected chi connectivity index (χ4v) is 1.40. The molecule has 0 saturated heterocycles. The highest BCUT2D eigenvalue weighted by molar-refractivity contribution is 7.88. The van der Waals surface area contributed by atoms with Crippen molar-refractivity contribution in [2.75, 3.05) is 0 Å². The summed E-state index contributed by atoms with van der Waals surface area (Å²) in [6.45, 7) is 1.77. The number of hydrogen-bond donors (Lipinski definition) is 1. The summed E-state index contributed by atoms with van der Waals surface area (Å²) in [6.07, 6.45) is 1.44. The van der Waals surface area contributed by atoms with Gasteiger partial charge in [-0.3, -0.25) is 0 Å². The molecule has 0 spiro atoms. The number of sulfonamides is 1. The summed E-state index contributed by atoms with van der Waals surface area (Å²) in [5, 5.41) is 4.81. The van der Waals surface area contributed by atoms with Crippen LogP contribution < -0.4 is 5.14 Å². The second-order valence-corrected chi connectivity index (χ2v) is 3.95. The predicted molar refractivity (Wildman–Crippen MR) is 40.3 cm³/mol. The van der Waals surface area contributed by atoms with Crippen molar-refractivity contribution >= 4 is 10.0 Å². The summed E-state index contributed by atoms with van der Waals surface area (Å²) < 4.78 is 26.0. The minimum Gasteiger partial charge on any atom is -0.468 e. The smallest absolute Gasteiger partial charge is 0.216 e. The molecule has 1 heterocycles. The summed E-state index contributed by atoms with van der Waals surface area (Å²) in [5.74, 6) is 0.179. The van der Waals surface area contributed by atoms with Gasteiger partial charge in [0.2, 0.25) is 10.0 Å². The second-order valence-electron chi connectivity index (χ2n) is 2.33. The van der Waals surface area contributed by atoms with E-state index in [1.165, 1.54) is 6.26 Å². The number of primary sulfonamides is 1. The van der Waals surface area contributed by atoms with Crippen molar-refractivity contribution in [2.24, 2.45) is 5.14 Å². The highest BCUT2D eigenvalue weighted by Gasteiger charge is 2.09. The zero-order valence-electron chi connectivity index (χ0n) is 6.07. The molecule has 5 heteroatoms. The Balaban J connectivity index is 2.89. The van der Waals surface area contributed by atoms with Gasteiger partial charge in [-0.1, -0.05) is 0 Å². The van der Waals surface area contributed by atoms with E-state index in [1.807, 2.05) is 0 Å². The van der Waals surface area contributed by atoms with Gasteiger partial charge in [0.1, 0.15) is 11.5 Å². The van der Waals surface area contributed by atoms with Crippen LogP contribution in [0.15, 0.2) is 16.7 Å². The Morgan fingerprint density at radius 3 is 2.64 bits per heavy atom. The van der Waals surface area contributed by atoms with Crippen molar-refractivity contribution in [1.82, 2.24) is 0 Å². The van der Waals surface area contributed by atoms with Crippen molar-refractivity contribution in [3.05, 3.63) is 23.7 Å². The fourth-order valence-electron chi connectivity index (χ4n) is 0.735. The first kappa shape index (κ1) is 8.29. The highest BCUT2D eigenvalue weighted by Crippen LogP contribution is 2.10. The zero-order chi connectivity index (χ0) is 8.48. The average Bonchev–Trinajstić information content (AvgIpc) is 2.12.